The lowest BCUT2D eigenvalue weighted by Crippen LogP contribution is -2.21. The van der Waals surface area contributed by atoms with Crippen molar-refractivity contribution < 1.29 is 4.79 Å². The molecule has 2 rings (SSSR count). The molecular weight excluding hydrogens is 252 g/mol. The van der Waals surface area contributed by atoms with Gasteiger partial charge in [-0.3, -0.25) is 9.89 Å². The Bertz CT molecular complexity index is 372. The maximum absolute atomic E-state index is 11.1. The number of carbonyl (C=O) groups excluding carboxylic acids is 1. The fourth-order valence-electron chi connectivity index (χ4n) is 2.39. The Morgan fingerprint density at radius 3 is 2.67 bits per heavy atom. The predicted molar refractivity (Wildman–Crippen MR) is 74.0 cm³/mol. The van der Waals surface area contributed by atoms with Gasteiger partial charge in [0.05, 0.1) is 6.54 Å². The van der Waals surface area contributed by atoms with Gasteiger partial charge in [0, 0.05) is 17.7 Å². The number of H-pyrrole nitrogens is 1. The quantitative estimate of drug-likeness (QED) is 0.738. The van der Waals surface area contributed by atoms with Gasteiger partial charge >= 0.3 is 0 Å². The van der Waals surface area contributed by atoms with Gasteiger partial charge in [0.15, 0.2) is 5.82 Å². The molecule has 0 spiro atoms. The summed E-state index contributed by atoms with van der Waals surface area (Å²) in [4.78, 5) is 11.1. The van der Waals surface area contributed by atoms with Gasteiger partial charge in [-0.25, -0.2) is 0 Å². The van der Waals surface area contributed by atoms with Crippen molar-refractivity contribution in [1.29, 1.82) is 0 Å². The molecule has 6 heteroatoms. The van der Waals surface area contributed by atoms with Gasteiger partial charge in [-0.05, 0) is 12.8 Å². The highest BCUT2D eigenvalue weighted by Gasteiger charge is 2.16. The Labute approximate surface area is 113 Å². The third-order valence-electron chi connectivity index (χ3n) is 3.35. The van der Waals surface area contributed by atoms with E-state index >= 15 is 0 Å². The minimum atomic E-state index is -0.205. The zero-order valence-electron chi connectivity index (χ0n) is 10.4. The lowest BCUT2D eigenvalue weighted by molar-refractivity contribution is -0.114. The molecule has 4 N–H and O–H groups in total. The number of amides is 1. The highest BCUT2D eigenvalue weighted by molar-refractivity contribution is 5.91. The summed E-state index contributed by atoms with van der Waals surface area (Å²) < 4.78 is 0. The predicted octanol–water partition coefficient (Wildman–Crippen LogP) is 2.17. The molecule has 1 saturated carbocycles. The molecule has 1 aromatic heterocycles. The van der Waals surface area contributed by atoms with Crippen LogP contribution in [-0.4, -0.2) is 22.6 Å². The second kappa shape index (κ2) is 7.38. The van der Waals surface area contributed by atoms with Gasteiger partial charge in [0.25, 0.3) is 0 Å². The van der Waals surface area contributed by atoms with E-state index in [0.29, 0.717) is 11.7 Å². The Morgan fingerprint density at radius 1 is 1.39 bits per heavy atom. The molecule has 0 unspecified atom stereocenters. The maximum Gasteiger partial charge on any atom is 0.239 e. The number of hydrogen-bond acceptors (Lipinski definition) is 3. The maximum atomic E-state index is 11.1. The van der Waals surface area contributed by atoms with Gasteiger partial charge in [-0.2, -0.15) is 5.10 Å². The fourth-order valence-corrected chi connectivity index (χ4v) is 2.39. The first kappa shape index (κ1) is 15.0. The van der Waals surface area contributed by atoms with Crippen LogP contribution in [0.5, 0.6) is 0 Å². The van der Waals surface area contributed by atoms with E-state index in [2.05, 4.69) is 15.5 Å². The van der Waals surface area contributed by atoms with E-state index in [1.165, 1.54) is 38.5 Å². The molecule has 1 aliphatic carbocycles. The number of aromatic nitrogens is 2. The minimum absolute atomic E-state index is 0. The molecule has 0 atom stereocenters. The number of nitrogens with one attached hydrogen (secondary N) is 2. The summed E-state index contributed by atoms with van der Waals surface area (Å²) in [7, 11) is 0. The Hall–Kier alpha value is -1.07. The summed E-state index contributed by atoms with van der Waals surface area (Å²) >= 11 is 0. The standard InChI is InChI=1S/C12H20N4O.ClH/c13-8-12(17)14-11-7-10(15-16-11)9-5-3-1-2-4-6-9;/h7,9H,1-6,8,13H2,(H2,14,15,16,17);1H. The normalized spacial score (nSPS) is 16.7. The van der Waals surface area contributed by atoms with E-state index in [0.717, 1.165) is 5.69 Å². The summed E-state index contributed by atoms with van der Waals surface area (Å²) in [5, 5.41) is 9.78. The second-order valence-electron chi connectivity index (χ2n) is 4.65. The number of hydrogen-bond donors (Lipinski definition) is 3. The largest absolute Gasteiger partial charge is 0.322 e. The molecule has 18 heavy (non-hydrogen) atoms. The van der Waals surface area contributed by atoms with Crippen LogP contribution in [-0.2, 0) is 4.79 Å². The van der Waals surface area contributed by atoms with Crippen LogP contribution in [0, 0.1) is 0 Å². The average molecular weight is 273 g/mol. The van der Waals surface area contributed by atoms with Crippen LogP contribution < -0.4 is 11.1 Å². The van der Waals surface area contributed by atoms with E-state index in [1.54, 1.807) is 0 Å². The van der Waals surface area contributed by atoms with E-state index in [4.69, 9.17) is 5.73 Å². The third-order valence-corrected chi connectivity index (χ3v) is 3.35. The van der Waals surface area contributed by atoms with Crippen molar-refractivity contribution in [2.24, 2.45) is 5.73 Å². The van der Waals surface area contributed by atoms with Crippen LogP contribution in [0.1, 0.15) is 50.1 Å². The number of nitrogens with two attached hydrogens (primary N) is 1. The Balaban J connectivity index is 0.00000162. The lowest BCUT2D eigenvalue weighted by atomic mass is 9.97. The molecule has 1 fully saturated rings. The zero-order chi connectivity index (χ0) is 12.1. The summed E-state index contributed by atoms with van der Waals surface area (Å²) in [6.45, 7) is -0.00831. The van der Waals surface area contributed by atoms with Crippen LogP contribution in [0.3, 0.4) is 0 Å². The number of halogens is 1. The molecule has 0 aromatic carbocycles. The zero-order valence-corrected chi connectivity index (χ0v) is 11.3. The van der Waals surface area contributed by atoms with Gasteiger partial charge < -0.3 is 11.1 Å². The van der Waals surface area contributed by atoms with Gasteiger partial charge in [0.2, 0.25) is 5.91 Å². The number of nitrogens with zero attached hydrogens (tertiary/aromatic N) is 1. The van der Waals surface area contributed by atoms with E-state index < -0.39 is 0 Å². The van der Waals surface area contributed by atoms with E-state index in [9.17, 15) is 4.79 Å². The van der Waals surface area contributed by atoms with Crippen molar-refractivity contribution in [2.75, 3.05) is 11.9 Å². The topological polar surface area (TPSA) is 83.8 Å². The summed E-state index contributed by atoms with van der Waals surface area (Å²) in [5.41, 5.74) is 6.38. The lowest BCUT2D eigenvalue weighted by Gasteiger charge is -2.10. The van der Waals surface area contributed by atoms with Crippen molar-refractivity contribution >= 4 is 24.1 Å². The first-order chi connectivity index (χ1) is 8.29. The van der Waals surface area contributed by atoms with Crippen molar-refractivity contribution in [2.45, 2.75) is 44.4 Å². The molecular formula is C12H21ClN4O. The molecule has 1 heterocycles. The third kappa shape index (κ3) is 3.99. The fraction of sp³-hybridized carbons (Fsp3) is 0.667. The van der Waals surface area contributed by atoms with Gasteiger partial charge in [-0.1, -0.05) is 25.7 Å². The summed E-state index contributed by atoms with van der Waals surface area (Å²) in [6.07, 6.45) is 7.67. The number of aromatic amines is 1. The van der Waals surface area contributed by atoms with Crippen molar-refractivity contribution in [3.05, 3.63) is 11.8 Å². The first-order valence-corrected chi connectivity index (χ1v) is 6.35. The molecule has 1 aromatic rings. The van der Waals surface area contributed by atoms with E-state index in [1.807, 2.05) is 6.07 Å². The van der Waals surface area contributed by atoms with Crippen LogP contribution >= 0.6 is 12.4 Å². The molecule has 1 aliphatic rings. The van der Waals surface area contributed by atoms with Crippen LogP contribution in [0.2, 0.25) is 0 Å². The molecule has 0 bridgehead atoms. The Kier molecular flexibility index (Phi) is 6.15. The molecule has 5 nitrogen and oxygen atoms in total. The van der Waals surface area contributed by atoms with Crippen LogP contribution in [0.15, 0.2) is 6.07 Å². The molecule has 0 saturated heterocycles. The van der Waals surface area contributed by atoms with Crippen molar-refractivity contribution in [3.63, 3.8) is 0 Å². The highest BCUT2D eigenvalue weighted by atomic mass is 35.5. The average Bonchev–Trinajstić information content (AvgIpc) is 2.63. The number of anilines is 1. The molecule has 0 aliphatic heterocycles. The van der Waals surface area contributed by atoms with Gasteiger partial charge in [0.1, 0.15) is 0 Å². The summed E-state index contributed by atoms with van der Waals surface area (Å²) in [6, 6.07) is 1.93. The monoisotopic (exact) mass is 272 g/mol. The SMILES string of the molecule is Cl.NCC(=O)Nc1cc(C2CCCCCC2)[nH]n1. The molecule has 0 radical (unpaired) electrons. The van der Waals surface area contributed by atoms with Gasteiger partial charge in [-0.15, -0.1) is 12.4 Å². The molecule has 1 amide bonds. The smallest absolute Gasteiger partial charge is 0.239 e. The van der Waals surface area contributed by atoms with Crippen molar-refractivity contribution in [3.8, 4) is 0 Å². The first-order valence-electron chi connectivity index (χ1n) is 6.35. The highest BCUT2D eigenvalue weighted by Crippen LogP contribution is 2.31. The minimum Gasteiger partial charge on any atom is -0.322 e. The second-order valence-corrected chi connectivity index (χ2v) is 4.65. The number of rotatable bonds is 3. The summed E-state index contributed by atoms with van der Waals surface area (Å²) in [5.74, 6) is 0.942. The van der Waals surface area contributed by atoms with Crippen LogP contribution in [0.25, 0.3) is 0 Å². The Morgan fingerprint density at radius 2 is 2.06 bits per heavy atom. The van der Waals surface area contributed by atoms with Crippen molar-refractivity contribution in [1.82, 2.24) is 10.2 Å². The van der Waals surface area contributed by atoms with E-state index in [-0.39, 0.29) is 24.9 Å². The molecule has 102 valence electrons. The van der Waals surface area contributed by atoms with Crippen LogP contribution in [0.4, 0.5) is 5.82 Å². The number of carbonyl (C=O) groups is 1.